The van der Waals surface area contributed by atoms with Gasteiger partial charge in [-0.2, -0.15) is 0 Å². The summed E-state index contributed by atoms with van der Waals surface area (Å²) < 4.78 is 5.52. The molecule has 0 atom stereocenters. The van der Waals surface area contributed by atoms with Crippen molar-refractivity contribution in [1.82, 2.24) is 5.32 Å². The second kappa shape index (κ2) is 9.42. The number of anilines is 1. The Balaban J connectivity index is 1.90. The second-order valence-corrected chi connectivity index (χ2v) is 6.09. The highest BCUT2D eigenvalue weighted by atomic mass is 16.5. The van der Waals surface area contributed by atoms with Crippen LogP contribution in [0.4, 0.5) is 5.69 Å². The van der Waals surface area contributed by atoms with Gasteiger partial charge < -0.3 is 15.4 Å². The topological polar surface area (TPSA) is 67.4 Å². The molecular weight excluding hydrogens is 328 g/mol. The predicted octanol–water partition coefficient (Wildman–Crippen LogP) is 3.57. The zero-order chi connectivity index (χ0) is 18.9. The molecule has 0 fully saturated rings. The highest BCUT2D eigenvalue weighted by molar-refractivity contribution is 6.04. The van der Waals surface area contributed by atoms with Gasteiger partial charge in [-0.1, -0.05) is 18.7 Å². The molecule has 0 aliphatic carbocycles. The first-order valence-electron chi connectivity index (χ1n) is 8.46. The summed E-state index contributed by atoms with van der Waals surface area (Å²) in [6.07, 6.45) is 1.11. The molecule has 2 aromatic carbocycles. The van der Waals surface area contributed by atoms with E-state index < -0.39 is 0 Å². The Morgan fingerprint density at radius 2 is 1.69 bits per heavy atom. The van der Waals surface area contributed by atoms with E-state index in [4.69, 9.17) is 4.74 Å². The Kier molecular flexibility index (Phi) is 6.97. The van der Waals surface area contributed by atoms with E-state index in [0.29, 0.717) is 36.4 Å². The van der Waals surface area contributed by atoms with Crippen LogP contribution in [0.3, 0.4) is 0 Å². The van der Waals surface area contributed by atoms with E-state index in [0.717, 1.165) is 11.1 Å². The molecule has 2 rings (SSSR count). The molecule has 26 heavy (non-hydrogen) atoms. The average Bonchev–Trinajstić information content (AvgIpc) is 2.65. The summed E-state index contributed by atoms with van der Waals surface area (Å²) in [5.41, 5.74) is 3.24. The monoisotopic (exact) mass is 352 g/mol. The summed E-state index contributed by atoms with van der Waals surface area (Å²) >= 11 is 0. The van der Waals surface area contributed by atoms with E-state index in [9.17, 15) is 9.59 Å². The van der Waals surface area contributed by atoms with Crippen molar-refractivity contribution in [3.8, 4) is 5.75 Å². The summed E-state index contributed by atoms with van der Waals surface area (Å²) in [6.45, 7) is 6.14. The first-order chi connectivity index (χ1) is 12.5. The Hall–Kier alpha value is -3.08. The fourth-order valence-electron chi connectivity index (χ4n) is 2.25. The smallest absolute Gasteiger partial charge is 0.255 e. The van der Waals surface area contributed by atoms with E-state index in [1.165, 1.54) is 0 Å². The van der Waals surface area contributed by atoms with Gasteiger partial charge in [0.1, 0.15) is 12.4 Å². The molecule has 5 heteroatoms. The summed E-state index contributed by atoms with van der Waals surface area (Å²) in [6, 6.07) is 14.5. The lowest BCUT2D eigenvalue weighted by molar-refractivity contribution is -0.120. The lowest BCUT2D eigenvalue weighted by Gasteiger charge is -2.08. The van der Waals surface area contributed by atoms with Crippen molar-refractivity contribution >= 4 is 17.5 Å². The molecule has 0 radical (unpaired) electrons. The number of rotatable bonds is 8. The molecule has 0 aliphatic rings. The molecule has 0 spiro atoms. The normalized spacial score (nSPS) is 10.1. The number of nitrogens with one attached hydrogen (secondary N) is 2. The molecule has 0 aliphatic heterocycles. The Bertz CT molecular complexity index is 765. The van der Waals surface area contributed by atoms with Crippen LogP contribution in [0.1, 0.15) is 29.3 Å². The summed E-state index contributed by atoms with van der Waals surface area (Å²) in [5.74, 6) is 0.526. The van der Waals surface area contributed by atoms with Gasteiger partial charge in [0.05, 0.1) is 0 Å². The minimum absolute atomic E-state index is 0.0121. The van der Waals surface area contributed by atoms with Gasteiger partial charge in [-0.25, -0.2) is 0 Å². The Morgan fingerprint density at radius 1 is 1.04 bits per heavy atom. The molecule has 2 N–H and O–H groups in total. The molecular formula is C21H24N2O3. The maximum Gasteiger partial charge on any atom is 0.255 e. The number of aryl methyl sites for hydroxylation is 1. The summed E-state index contributed by atoms with van der Waals surface area (Å²) in [5, 5.41) is 5.46. The predicted molar refractivity (Wildman–Crippen MR) is 104 cm³/mol. The zero-order valence-electron chi connectivity index (χ0n) is 15.2. The van der Waals surface area contributed by atoms with Crippen LogP contribution in [-0.2, 0) is 11.2 Å². The fraction of sp³-hybridized carbons (Fsp3) is 0.238. The summed E-state index contributed by atoms with van der Waals surface area (Å²) in [7, 11) is 1.63. The molecule has 0 aromatic heterocycles. The average molecular weight is 352 g/mol. The maximum atomic E-state index is 12.3. The van der Waals surface area contributed by atoms with Gasteiger partial charge in [-0.15, -0.1) is 0 Å². The van der Waals surface area contributed by atoms with Crippen LogP contribution in [0.15, 0.2) is 60.7 Å². The number of amides is 2. The molecule has 0 bridgehead atoms. The minimum Gasteiger partial charge on any atom is -0.489 e. The molecule has 0 saturated carbocycles. The number of hydrogen-bond acceptors (Lipinski definition) is 3. The highest BCUT2D eigenvalue weighted by Crippen LogP contribution is 2.16. The van der Waals surface area contributed by atoms with Crippen molar-refractivity contribution in [1.29, 1.82) is 0 Å². The fourth-order valence-corrected chi connectivity index (χ4v) is 2.25. The van der Waals surface area contributed by atoms with Gasteiger partial charge >= 0.3 is 0 Å². The molecule has 2 aromatic rings. The third-order valence-corrected chi connectivity index (χ3v) is 3.73. The van der Waals surface area contributed by atoms with E-state index in [1.807, 2.05) is 31.2 Å². The van der Waals surface area contributed by atoms with E-state index in [-0.39, 0.29) is 11.8 Å². The quantitative estimate of drug-likeness (QED) is 0.714. The van der Waals surface area contributed by atoms with Gasteiger partial charge in [0.25, 0.3) is 5.91 Å². The van der Waals surface area contributed by atoms with Gasteiger partial charge in [0.2, 0.25) is 5.91 Å². The van der Waals surface area contributed by atoms with Crippen molar-refractivity contribution in [3.63, 3.8) is 0 Å². The van der Waals surface area contributed by atoms with Crippen LogP contribution in [0.25, 0.3) is 0 Å². The van der Waals surface area contributed by atoms with Crippen LogP contribution in [0.5, 0.6) is 5.75 Å². The maximum absolute atomic E-state index is 12.3. The summed E-state index contributed by atoms with van der Waals surface area (Å²) in [4.78, 5) is 23.6. The van der Waals surface area contributed by atoms with Crippen LogP contribution < -0.4 is 15.4 Å². The highest BCUT2D eigenvalue weighted by Gasteiger charge is 2.07. The zero-order valence-corrected chi connectivity index (χ0v) is 15.2. The molecule has 0 heterocycles. The van der Waals surface area contributed by atoms with Crippen LogP contribution in [0.2, 0.25) is 0 Å². The second-order valence-electron chi connectivity index (χ2n) is 6.09. The lowest BCUT2D eigenvalue weighted by atomic mass is 10.1. The van der Waals surface area contributed by atoms with E-state index >= 15 is 0 Å². The van der Waals surface area contributed by atoms with Crippen LogP contribution >= 0.6 is 0 Å². The van der Waals surface area contributed by atoms with Gasteiger partial charge in [-0.3, -0.25) is 9.59 Å². The van der Waals surface area contributed by atoms with Crippen molar-refractivity contribution in [2.75, 3.05) is 19.0 Å². The van der Waals surface area contributed by atoms with Gasteiger partial charge in [0, 0.05) is 24.7 Å². The van der Waals surface area contributed by atoms with E-state index in [2.05, 4.69) is 17.2 Å². The number of ether oxygens (including phenoxy) is 1. The standard InChI is InChI=1S/C21H24N2O3/c1-15(2)14-26-19-11-7-17(8-12-19)21(25)23-18-9-4-16(5-10-18)6-13-20(24)22-3/h4-5,7-12H,1,6,13-14H2,2-3H3,(H,22,24)(H,23,25). The SMILES string of the molecule is C=C(C)COc1ccc(C(=O)Nc2ccc(CCC(=O)NC)cc2)cc1. The van der Waals surface area contributed by atoms with Crippen LogP contribution in [0, 0.1) is 0 Å². The molecule has 2 amide bonds. The van der Waals surface area contributed by atoms with Gasteiger partial charge in [0.15, 0.2) is 0 Å². The van der Waals surface area contributed by atoms with Crippen molar-refractivity contribution in [2.45, 2.75) is 19.8 Å². The molecule has 0 unspecified atom stereocenters. The number of carbonyl (C=O) groups excluding carboxylic acids is 2. The number of hydrogen-bond donors (Lipinski definition) is 2. The number of benzene rings is 2. The van der Waals surface area contributed by atoms with Crippen LogP contribution in [-0.4, -0.2) is 25.5 Å². The first-order valence-corrected chi connectivity index (χ1v) is 8.46. The number of carbonyl (C=O) groups is 2. The Morgan fingerprint density at radius 3 is 2.27 bits per heavy atom. The van der Waals surface area contributed by atoms with Gasteiger partial charge in [-0.05, 0) is 60.9 Å². The third kappa shape index (κ3) is 6.09. The van der Waals surface area contributed by atoms with Crippen molar-refractivity contribution in [3.05, 3.63) is 71.8 Å². The van der Waals surface area contributed by atoms with Crippen molar-refractivity contribution in [2.24, 2.45) is 0 Å². The minimum atomic E-state index is -0.186. The largest absolute Gasteiger partial charge is 0.489 e. The molecule has 5 nitrogen and oxygen atoms in total. The Labute approximate surface area is 154 Å². The third-order valence-electron chi connectivity index (χ3n) is 3.73. The van der Waals surface area contributed by atoms with E-state index in [1.54, 1.807) is 31.3 Å². The molecule has 136 valence electrons. The molecule has 0 saturated heterocycles. The first kappa shape index (κ1) is 19.2. The van der Waals surface area contributed by atoms with Crippen molar-refractivity contribution < 1.29 is 14.3 Å². The lowest BCUT2D eigenvalue weighted by Crippen LogP contribution is -2.17.